The van der Waals surface area contributed by atoms with E-state index in [1.54, 1.807) is 0 Å². The molecule has 2 aliphatic heterocycles. The second-order valence-corrected chi connectivity index (χ2v) is 9.05. The third-order valence-electron chi connectivity index (χ3n) is 4.91. The summed E-state index contributed by atoms with van der Waals surface area (Å²) in [7, 11) is -2.92. The van der Waals surface area contributed by atoms with Crippen molar-refractivity contribution in [1.82, 2.24) is 15.5 Å². The lowest BCUT2D eigenvalue weighted by Gasteiger charge is -2.34. The third-order valence-corrected chi connectivity index (χ3v) is 6.68. The number of hydrogen-bond donors (Lipinski definition) is 1. The van der Waals surface area contributed by atoms with Gasteiger partial charge in [0.05, 0.1) is 11.5 Å². The summed E-state index contributed by atoms with van der Waals surface area (Å²) in [5, 5.41) is 7.47. The van der Waals surface area contributed by atoms with Crippen LogP contribution in [0.4, 0.5) is 0 Å². The average molecular weight is 313 g/mol. The summed E-state index contributed by atoms with van der Waals surface area (Å²) in [5.41, 5.74) is -0.184. The lowest BCUT2D eigenvalue weighted by atomic mass is 9.75. The molecule has 7 heteroatoms. The molecule has 0 amide bonds. The molecular formula is C14H23N3O3S. The molecule has 2 atom stereocenters. The molecule has 0 saturated carbocycles. The number of nitrogens with one attached hydrogen (secondary N) is 1. The Bertz CT molecular complexity index is 603. The van der Waals surface area contributed by atoms with Crippen molar-refractivity contribution < 1.29 is 12.9 Å². The molecular weight excluding hydrogens is 290 g/mol. The number of rotatable bonds is 3. The van der Waals surface area contributed by atoms with E-state index in [1.165, 1.54) is 0 Å². The number of nitrogens with zero attached hydrogens (tertiary/aromatic N) is 2. The topological polar surface area (TPSA) is 85.1 Å². The zero-order valence-corrected chi connectivity index (χ0v) is 13.4. The zero-order chi connectivity index (χ0) is 15.1. The molecule has 0 radical (unpaired) electrons. The van der Waals surface area contributed by atoms with E-state index in [2.05, 4.69) is 29.3 Å². The molecule has 0 spiro atoms. The Labute approximate surface area is 125 Å². The summed E-state index contributed by atoms with van der Waals surface area (Å²) in [6, 6.07) is 0. The van der Waals surface area contributed by atoms with E-state index in [1.807, 2.05) is 0 Å². The van der Waals surface area contributed by atoms with Crippen molar-refractivity contribution in [2.45, 2.75) is 44.4 Å². The largest absolute Gasteiger partial charge is 0.339 e. The van der Waals surface area contributed by atoms with Crippen LogP contribution in [0.2, 0.25) is 0 Å². The molecule has 6 nitrogen and oxygen atoms in total. The smallest absolute Gasteiger partial charge is 0.232 e. The monoisotopic (exact) mass is 313 g/mol. The van der Waals surface area contributed by atoms with Gasteiger partial charge >= 0.3 is 0 Å². The van der Waals surface area contributed by atoms with E-state index in [4.69, 9.17) is 4.52 Å². The van der Waals surface area contributed by atoms with Gasteiger partial charge in [-0.1, -0.05) is 19.0 Å². The van der Waals surface area contributed by atoms with Crippen LogP contribution in [-0.2, 0) is 15.3 Å². The Hall–Kier alpha value is -0.950. The zero-order valence-electron chi connectivity index (χ0n) is 12.6. The normalized spacial score (nSPS) is 29.6. The summed E-state index contributed by atoms with van der Waals surface area (Å²) in [5.74, 6) is 1.94. The summed E-state index contributed by atoms with van der Waals surface area (Å²) in [6.45, 7) is 6.30. The summed E-state index contributed by atoms with van der Waals surface area (Å²) < 4.78 is 28.6. The van der Waals surface area contributed by atoms with Crippen LogP contribution in [-0.4, -0.2) is 43.2 Å². The van der Waals surface area contributed by atoms with Gasteiger partial charge in [-0.15, -0.1) is 0 Å². The number of hydrogen-bond acceptors (Lipinski definition) is 6. The van der Waals surface area contributed by atoms with Gasteiger partial charge in [-0.05, 0) is 38.3 Å². The first-order valence-electron chi connectivity index (χ1n) is 7.64. The molecule has 1 N–H and O–H groups in total. The van der Waals surface area contributed by atoms with Gasteiger partial charge < -0.3 is 9.84 Å². The highest BCUT2D eigenvalue weighted by Crippen LogP contribution is 2.36. The van der Waals surface area contributed by atoms with Gasteiger partial charge in [0.2, 0.25) is 5.89 Å². The van der Waals surface area contributed by atoms with Crippen LogP contribution in [0, 0.1) is 5.92 Å². The van der Waals surface area contributed by atoms with Gasteiger partial charge in [0.1, 0.15) is 0 Å². The highest BCUT2D eigenvalue weighted by molar-refractivity contribution is 7.91. The maximum atomic E-state index is 11.6. The molecule has 0 aromatic carbocycles. The molecule has 0 bridgehead atoms. The molecule has 2 saturated heterocycles. The van der Waals surface area contributed by atoms with E-state index < -0.39 is 9.84 Å². The molecule has 118 valence electrons. The predicted octanol–water partition coefficient (Wildman–Crippen LogP) is 1.25. The van der Waals surface area contributed by atoms with Crippen molar-refractivity contribution in [2.75, 3.05) is 24.6 Å². The minimum atomic E-state index is -2.92. The molecule has 2 fully saturated rings. The van der Waals surface area contributed by atoms with Crippen molar-refractivity contribution >= 4 is 9.84 Å². The fourth-order valence-corrected chi connectivity index (χ4v) is 5.04. The van der Waals surface area contributed by atoms with Crippen LogP contribution >= 0.6 is 0 Å². The SMILES string of the molecule is CC(C)(c1nc(C2CCS(=O)(=O)C2)no1)C1CCCNC1. The van der Waals surface area contributed by atoms with Gasteiger partial charge in [0.25, 0.3) is 0 Å². The molecule has 3 rings (SSSR count). The molecule has 0 aliphatic carbocycles. The second kappa shape index (κ2) is 5.35. The van der Waals surface area contributed by atoms with E-state index in [0.717, 1.165) is 25.9 Å². The fraction of sp³-hybridized carbons (Fsp3) is 0.857. The van der Waals surface area contributed by atoms with E-state index in [9.17, 15) is 8.42 Å². The third kappa shape index (κ3) is 2.99. The first kappa shape index (κ1) is 15.0. The number of piperidine rings is 1. The summed E-state index contributed by atoms with van der Waals surface area (Å²) in [4.78, 5) is 4.53. The van der Waals surface area contributed by atoms with E-state index >= 15 is 0 Å². The predicted molar refractivity (Wildman–Crippen MR) is 78.9 cm³/mol. The van der Waals surface area contributed by atoms with Crippen molar-refractivity contribution in [3.05, 3.63) is 11.7 Å². The van der Waals surface area contributed by atoms with Gasteiger partial charge in [0.15, 0.2) is 15.7 Å². The van der Waals surface area contributed by atoms with Crippen LogP contribution in [0.1, 0.15) is 50.7 Å². The van der Waals surface area contributed by atoms with Gasteiger partial charge in [-0.25, -0.2) is 8.42 Å². The van der Waals surface area contributed by atoms with Crippen LogP contribution in [0.25, 0.3) is 0 Å². The summed E-state index contributed by atoms with van der Waals surface area (Å²) >= 11 is 0. The molecule has 1 aromatic heterocycles. The van der Waals surface area contributed by atoms with Crippen LogP contribution in [0.5, 0.6) is 0 Å². The minimum absolute atomic E-state index is 0.104. The average Bonchev–Trinajstić information content (AvgIpc) is 3.06. The second-order valence-electron chi connectivity index (χ2n) is 6.82. The Kier molecular flexibility index (Phi) is 3.81. The van der Waals surface area contributed by atoms with Crippen LogP contribution in [0.3, 0.4) is 0 Å². The Morgan fingerprint density at radius 2 is 2.14 bits per heavy atom. The van der Waals surface area contributed by atoms with Crippen LogP contribution < -0.4 is 5.32 Å². The Balaban J connectivity index is 1.78. The van der Waals surface area contributed by atoms with Crippen molar-refractivity contribution in [2.24, 2.45) is 5.92 Å². The number of aromatic nitrogens is 2. The first-order valence-corrected chi connectivity index (χ1v) is 9.46. The van der Waals surface area contributed by atoms with Crippen molar-refractivity contribution in [3.63, 3.8) is 0 Å². The molecule has 2 unspecified atom stereocenters. The fourth-order valence-electron chi connectivity index (χ4n) is 3.30. The first-order chi connectivity index (χ1) is 9.88. The van der Waals surface area contributed by atoms with Crippen LogP contribution in [0.15, 0.2) is 4.52 Å². The highest BCUT2D eigenvalue weighted by Gasteiger charge is 2.39. The lowest BCUT2D eigenvalue weighted by molar-refractivity contribution is 0.196. The standard InChI is InChI=1S/C14H23N3O3S/c1-14(2,11-4-3-6-15-8-11)13-16-12(17-20-13)10-5-7-21(18,19)9-10/h10-11,15H,3-9H2,1-2H3. The highest BCUT2D eigenvalue weighted by atomic mass is 32.2. The van der Waals surface area contributed by atoms with Gasteiger partial charge in [0, 0.05) is 11.3 Å². The molecule has 21 heavy (non-hydrogen) atoms. The minimum Gasteiger partial charge on any atom is -0.339 e. The maximum Gasteiger partial charge on any atom is 0.232 e. The van der Waals surface area contributed by atoms with E-state index in [0.29, 0.717) is 24.1 Å². The molecule has 3 heterocycles. The molecule has 2 aliphatic rings. The Morgan fingerprint density at radius 3 is 2.76 bits per heavy atom. The van der Waals surface area contributed by atoms with Gasteiger partial charge in [-0.3, -0.25) is 0 Å². The van der Waals surface area contributed by atoms with Crippen molar-refractivity contribution in [1.29, 1.82) is 0 Å². The molecule has 1 aromatic rings. The van der Waals surface area contributed by atoms with Crippen molar-refractivity contribution in [3.8, 4) is 0 Å². The summed E-state index contributed by atoms with van der Waals surface area (Å²) in [6.07, 6.45) is 2.91. The quantitative estimate of drug-likeness (QED) is 0.904. The maximum absolute atomic E-state index is 11.6. The Morgan fingerprint density at radius 1 is 1.33 bits per heavy atom. The van der Waals surface area contributed by atoms with E-state index in [-0.39, 0.29) is 22.8 Å². The lowest BCUT2D eigenvalue weighted by Crippen LogP contribution is -2.41. The number of sulfone groups is 1. The van der Waals surface area contributed by atoms with Gasteiger partial charge in [-0.2, -0.15) is 4.98 Å².